The first-order valence-corrected chi connectivity index (χ1v) is 8.74. The van der Waals surface area contributed by atoms with Crippen molar-refractivity contribution in [1.82, 2.24) is 5.32 Å². The van der Waals surface area contributed by atoms with Crippen LogP contribution in [0.25, 0.3) is 0 Å². The number of ether oxygens (including phenoxy) is 1. The molecule has 1 heterocycles. The average molecular weight is 269 g/mol. The van der Waals surface area contributed by atoms with Gasteiger partial charge in [0, 0.05) is 19.3 Å². The van der Waals surface area contributed by atoms with E-state index in [0.29, 0.717) is 0 Å². The van der Waals surface area contributed by atoms with E-state index in [-0.39, 0.29) is 0 Å². The summed E-state index contributed by atoms with van der Waals surface area (Å²) in [7, 11) is 0. The van der Waals surface area contributed by atoms with Gasteiger partial charge in [-0.05, 0) is 32.2 Å². The van der Waals surface area contributed by atoms with Crippen LogP contribution in [0.4, 0.5) is 0 Å². The first-order chi connectivity index (χ1) is 9.43. The standard InChI is InChI=1S/C17H35NO/c1-2-3-4-5-6-7-8-11-15-19-16-13-17-12-9-10-14-18-17/h17-18H,2-16H2,1H3. The van der Waals surface area contributed by atoms with Crippen molar-refractivity contribution >= 4 is 0 Å². The minimum atomic E-state index is 0.729. The highest BCUT2D eigenvalue weighted by molar-refractivity contribution is 4.71. The maximum atomic E-state index is 5.74. The van der Waals surface area contributed by atoms with Crippen molar-refractivity contribution in [2.75, 3.05) is 19.8 Å². The summed E-state index contributed by atoms with van der Waals surface area (Å²) in [6.07, 6.45) is 16.4. The summed E-state index contributed by atoms with van der Waals surface area (Å²) in [4.78, 5) is 0. The molecule has 0 spiro atoms. The average Bonchev–Trinajstić information content (AvgIpc) is 2.46. The van der Waals surface area contributed by atoms with Gasteiger partial charge in [-0.1, -0.05) is 58.3 Å². The van der Waals surface area contributed by atoms with E-state index >= 15 is 0 Å². The third kappa shape index (κ3) is 10.4. The van der Waals surface area contributed by atoms with Crippen LogP contribution in [0.1, 0.15) is 84.0 Å². The molecule has 2 nitrogen and oxygen atoms in total. The Kier molecular flexibility index (Phi) is 11.5. The Bertz CT molecular complexity index is 178. The van der Waals surface area contributed by atoms with Gasteiger partial charge >= 0.3 is 0 Å². The molecular weight excluding hydrogens is 234 g/mol. The zero-order chi connectivity index (χ0) is 13.6. The minimum Gasteiger partial charge on any atom is -0.381 e. The van der Waals surface area contributed by atoms with Gasteiger partial charge < -0.3 is 10.1 Å². The lowest BCUT2D eigenvalue weighted by Gasteiger charge is -2.23. The third-order valence-electron chi connectivity index (χ3n) is 4.17. The molecule has 0 bridgehead atoms. The Morgan fingerprint density at radius 1 is 0.895 bits per heavy atom. The molecule has 0 aromatic heterocycles. The largest absolute Gasteiger partial charge is 0.381 e. The molecule has 114 valence electrons. The summed E-state index contributed by atoms with van der Waals surface area (Å²) in [6.45, 7) is 5.42. The van der Waals surface area contributed by atoms with Crippen LogP contribution in [0.5, 0.6) is 0 Å². The maximum Gasteiger partial charge on any atom is 0.0480 e. The fourth-order valence-electron chi connectivity index (χ4n) is 2.84. The van der Waals surface area contributed by atoms with E-state index in [1.807, 2.05) is 0 Å². The number of piperidine rings is 1. The van der Waals surface area contributed by atoms with Crippen molar-refractivity contribution < 1.29 is 4.74 Å². The highest BCUT2D eigenvalue weighted by Crippen LogP contribution is 2.11. The normalized spacial score (nSPS) is 19.7. The second kappa shape index (κ2) is 12.9. The first kappa shape index (κ1) is 17.0. The molecule has 19 heavy (non-hydrogen) atoms. The highest BCUT2D eigenvalue weighted by atomic mass is 16.5. The number of rotatable bonds is 12. The molecule has 0 aliphatic carbocycles. The van der Waals surface area contributed by atoms with E-state index in [2.05, 4.69) is 12.2 Å². The van der Waals surface area contributed by atoms with Gasteiger partial charge in [-0.2, -0.15) is 0 Å². The van der Waals surface area contributed by atoms with Crippen LogP contribution in [0.2, 0.25) is 0 Å². The van der Waals surface area contributed by atoms with Gasteiger partial charge in [0.05, 0.1) is 0 Å². The number of hydrogen-bond acceptors (Lipinski definition) is 2. The van der Waals surface area contributed by atoms with Gasteiger partial charge in [-0.15, -0.1) is 0 Å². The van der Waals surface area contributed by atoms with Gasteiger partial charge in [0.1, 0.15) is 0 Å². The van der Waals surface area contributed by atoms with Crippen LogP contribution in [0.15, 0.2) is 0 Å². The fraction of sp³-hybridized carbons (Fsp3) is 1.00. The van der Waals surface area contributed by atoms with Gasteiger partial charge in [-0.25, -0.2) is 0 Å². The van der Waals surface area contributed by atoms with Crippen LogP contribution >= 0.6 is 0 Å². The fourth-order valence-corrected chi connectivity index (χ4v) is 2.84. The van der Waals surface area contributed by atoms with E-state index in [1.54, 1.807) is 0 Å². The van der Waals surface area contributed by atoms with Crippen LogP contribution in [-0.2, 0) is 4.74 Å². The molecule has 1 N–H and O–H groups in total. The number of unbranched alkanes of at least 4 members (excludes halogenated alkanes) is 7. The molecule has 2 heteroatoms. The summed E-state index contributed by atoms with van der Waals surface area (Å²) < 4.78 is 5.74. The lowest BCUT2D eigenvalue weighted by Crippen LogP contribution is -2.34. The van der Waals surface area contributed by atoms with E-state index in [1.165, 1.54) is 83.6 Å². The lowest BCUT2D eigenvalue weighted by atomic mass is 10.0. The van der Waals surface area contributed by atoms with Gasteiger partial charge in [0.25, 0.3) is 0 Å². The Hall–Kier alpha value is -0.0800. The summed E-state index contributed by atoms with van der Waals surface area (Å²) in [6, 6.07) is 0.729. The van der Waals surface area contributed by atoms with Crippen LogP contribution in [0.3, 0.4) is 0 Å². The predicted octanol–water partition coefficient (Wildman–Crippen LogP) is 4.68. The van der Waals surface area contributed by atoms with Crippen molar-refractivity contribution in [3.63, 3.8) is 0 Å². The maximum absolute atomic E-state index is 5.74. The minimum absolute atomic E-state index is 0.729. The number of hydrogen-bond donors (Lipinski definition) is 1. The third-order valence-corrected chi connectivity index (χ3v) is 4.17. The Labute approximate surface area is 120 Å². The SMILES string of the molecule is CCCCCCCCCCOCCC1CCCCN1. The molecule has 0 amide bonds. The van der Waals surface area contributed by atoms with Crippen LogP contribution in [0, 0.1) is 0 Å². The van der Waals surface area contributed by atoms with E-state index in [9.17, 15) is 0 Å². The molecule has 1 rings (SSSR count). The van der Waals surface area contributed by atoms with E-state index < -0.39 is 0 Å². The van der Waals surface area contributed by atoms with Crippen LogP contribution < -0.4 is 5.32 Å². The zero-order valence-corrected chi connectivity index (χ0v) is 13.1. The van der Waals surface area contributed by atoms with Crippen molar-refractivity contribution in [2.45, 2.75) is 90.0 Å². The monoisotopic (exact) mass is 269 g/mol. The summed E-state index contributed by atoms with van der Waals surface area (Å²) in [5.41, 5.74) is 0. The summed E-state index contributed by atoms with van der Waals surface area (Å²) in [5, 5.41) is 3.57. The Morgan fingerprint density at radius 3 is 2.32 bits per heavy atom. The zero-order valence-electron chi connectivity index (χ0n) is 13.1. The smallest absolute Gasteiger partial charge is 0.0480 e. The molecule has 1 atom stereocenters. The second-order valence-corrected chi connectivity index (χ2v) is 6.02. The molecule has 1 aliphatic heterocycles. The van der Waals surface area contributed by atoms with Crippen LogP contribution in [-0.4, -0.2) is 25.8 Å². The van der Waals surface area contributed by atoms with Gasteiger partial charge in [0.15, 0.2) is 0 Å². The lowest BCUT2D eigenvalue weighted by molar-refractivity contribution is 0.117. The second-order valence-electron chi connectivity index (χ2n) is 6.02. The molecule has 1 unspecified atom stereocenters. The van der Waals surface area contributed by atoms with Gasteiger partial charge in [0.2, 0.25) is 0 Å². The summed E-state index contributed by atoms with van der Waals surface area (Å²) in [5.74, 6) is 0. The first-order valence-electron chi connectivity index (χ1n) is 8.74. The number of nitrogens with one attached hydrogen (secondary N) is 1. The van der Waals surface area contributed by atoms with Gasteiger partial charge in [-0.3, -0.25) is 0 Å². The molecule has 0 saturated carbocycles. The highest BCUT2D eigenvalue weighted by Gasteiger charge is 2.11. The molecular formula is C17H35NO. The quantitative estimate of drug-likeness (QED) is 0.520. The van der Waals surface area contributed by atoms with Crippen molar-refractivity contribution in [2.24, 2.45) is 0 Å². The molecule has 1 saturated heterocycles. The van der Waals surface area contributed by atoms with Crippen molar-refractivity contribution in [3.8, 4) is 0 Å². The molecule has 1 aliphatic rings. The molecule has 1 fully saturated rings. The van der Waals surface area contributed by atoms with E-state index in [4.69, 9.17) is 4.74 Å². The summed E-state index contributed by atoms with van der Waals surface area (Å²) >= 11 is 0. The van der Waals surface area contributed by atoms with Crippen molar-refractivity contribution in [1.29, 1.82) is 0 Å². The van der Waals surface area contributed by atoms with Crippen molar-refractivity contribution in [3.05, 3.63) is 0 Å². The topological polar surface area (TPSA) is 21.3 Å². The predicted molar refractivity (Wildman–Crippen MR) is 83.7 cm³/mol. The molecule has 0 aromatic carbocycles. The Balaban J connectivity index is 1.71. The Morgan fingerprint density at radius 2 is 1.63 bits per heavy atom. The molecule has 0 aromatic rings. The molecule has 0 radical (unpaired) electrons. The van der Waals surface area contributed by atoms with E-state index in [0.717, 1.165) is 19.3 Å².